The van der Waals surface area contributed by atoms with Crippen LogP contribution in [0.5, 0.6) is 0 Å². The van der Waals surface area contributed by atoms with Crippen molar-refractivity contribution in [2.75, 3.05) is 6.61 Å². The Labute approximate surface area is 105 Å². The van der Waals surface area contributed by atoms with E-state index in [4.69, 9.17) is 4.74 Å². The van der Waals surface area contributed by atoms with Gasteiger partial charge in [0, 0.05) is 24.1 Å². The van der Waals surface area contributed by atoms with E-state index in [2.05, 4.69) is 26.1 Å². The standard InChI is InChI=1S/C15H27NO/c1-4-17-13-9-12(15(13,2)3)16-14(10-5-6-10)11-7-8-11/h10-14,16H,4-9H2,1-3H3. The minimum atomic E-state index is 0.331. The third-order valence-electron chi connectivity index (χ3n) is 5.20. The molecule has 0 aromatic carbocycles. The average Bonchev–Trinajstić information content (AvgIpc) is 3.15. The Balaban J connectivity index is 1.55. The van der Waals surface area contributed by atoms with Gasteiger partial charge < -0.3 is 10.1 Å². The van der Waals surface area contributed by atoms with E-state index in [-0.39, 0.29) is 0 Å². The van der Waals surface area contributed by atoms with Crippen molar-refractivity contribution in [3.8, 4) is 0 Å². The van der Waals surface area contributed by atoms with Crippen molar-refractivity contribution in [3.05, 3.63) is 0 Å². The van der Waals surface area contributed by atoms with Crippen molar-refractivity contribution >= 4 is 0 Å². The molecule has 3 fully saturated rings. The summed E-state index contributed by atoms with van der Waals surface area (Å²) in [6.07, 6.45) is 7.57. The minimum Gasteiger partial charge on any atom is -0.378 e. The van der Waals surface area contributed by atoms with Crippen LogP contribution in [-0.4, -0.2) is 24.8 Å². The zero-order valence-corrected chi connectivity index (χ0v) is 11.5. The Hall–Kier alpha value is -0.0800. The van der Waals surface area contributed by atoms with Gasteiger partial charge in [0.2, 0.25) is 0 Å². The van der Waals surface area contributed by atoms with Gasteiger partial charge in [-0.2, -0.15) is 0 Å². The van der Waals surface area contributed by atoms with Gasteiger partial charge >= 0.3 is 0 Å². The fourth-order valence-electron chi connectivity index (χ4n) is 3.45. The molecule has 0 radical (unpaired) electrons. The molecule has 0 aromatic heterocycles. The zero-order chi connectivity index (χ0) is 12.0. The maximum atomic E-state index is 5.82. The van der Waals surface area contributed by atoms with E-state index in [0.717, 1.165) is 24.5 Å². The van der Waals surface area contributed by atoms with E-state index in [1.54, 1.807) is 0 Å². The molecule has 17 heavy (non-hydrogen) atoms. The molecule has 0 aromatic rings. The number of hydrogen-bond acceptors (Lipinski definition) is 2. The average molecular weight is 237 g/mol. The van der Waals surface area contributed by atoms with E-state index in [1.165, 1.54) is 32.1 Å². The predicted molar refractivity (Wildman–Crippen MR) is 70.0 cm³/mol. The molecule has 2 heteroatoms. The second-order valence-corrected chi connectivity index (χ2v) is 6.92. The third-order valence-corrected chi connectivity index (χ3v) is 5.20. The van der Waals surface area contributed by atoms with Gasteiger partial charge in [0.1, 0.15) is 0 Å². The normalized spacial score (nSPS) is 36.0. The van der Waals surface area contributed by atoms with Gasteiger partial charge in [-0.3, -0.25) is 0 Å². The molecule has 2 nitrogen and oxygen atoms in total. The van der Waals surface area contributed by atoms with Gasteiger partial charge in [-0.1, -0.05) is 13.8 Å². The van der Waals surface area contributed by atoms with Crippen molar-refractivity contribution < 1.29 is 4.74 Å². The molecule has 2 atom stereocenters. The van der Waals surface area contributed by atoms with E-state index < -0.39 is 0 Å². The van der Waals surface area contributed by atoms with Crippen molar-refractivity contribution in [2.45, 2.75) is 71.1 Å². The summed E-state index contributed by atoms with van der Waals surface area (Å²) in [7, 11) is 0. The number of ether oxygens (including phenoxy) is 1. The van der Waals surface area contributed by atoms with Gasteiger partial charge in [-0.05, 0) is 50.9 Å². The monoisotopic (exact) mass is 237 g/mol. The Morgan fingerprint density at radius 3 is 2.18 bits per heavy atom. The molecule has 3 aliphatic carbocycles. The Kier molecular flexibility index (Phi) is 2.99. The van der Waals surface area contributed by atoms with Crippen LogP contribution in [0.2, 0.25) is 0 Å². The van der Waals surface area contributed by atoms with Crippen LogP contribution in [0, 0.1) is 17.3 Å². The van der Waals surface area contributed by atoms with Gasteiger partial charge in [-0.25, -0.2) is 0 Å². The summed E-state index contributed by atoms with van der Waals surface area (Å²) in [5.41, 5.74) is 0.331. The lowest BCUT2D eigenvalue weighted by Gasteiger charge is -2.53. The summed E-state index contributed by atoms with van der Waals surface area (Å²) in [5.74, 6) is 2.01. The molecule has 0 bridgehead atoms. The SMILES string of the molecule is CCOC1CC(NC(C2CC2)C2CC2)C1(C)C. The van der Waals surface area contributed by atoms with Gasteiger partial charge in [0.05, 0.1) is 6.10 Å². The van der Waals surface area contributed by atoms with Crippen LogP contribution in [0.25, 0.3) is 0 Å². The van der Waals surface area contributed by atoms with E-state index >= 15 is 0 Å². The van der Waals surface area contributed by atoms with Crippen molar-refractivity contribution in [1.82, 2.24) is 5.32 Å². The molecule has 0 spiro atoms. The molecule has 2 unspecified atom stereocenters. The third kappa shape index (κ3) is 2.26. The summed E-state index contributed by atoms with van der Waals surface area (Å²) < 4.78 is 5.82. The maximum Gasteiger partial charge on any atom is 0.0655 e. The first-order valence-electron chi connectivity index (χ1n) is 7.50. The van der Waals surface area contributed by atoms with E-state index in [9.17, 15) is 0 Å². The molecule has 3 rings (SSSR count). The van der Waals surface area contributed by atoms with Crippen LogP contribution in [0.1, 0.15) is 52.9 Å². The zero-order valence-electron chi connectivity index (χ0n) is 11.5. The van der Waals surface area contributed by atoms with Crippen molar-refractivity contribution in [3.63, 3.8) is 0 Å². The number of nitrogens with one attached hydrogen (secondary N) is 1. The van der Waals surface area contributed by atoms with Crippen LogP contribution in [0.15, 0.2) is 0 Å². The molecule has 3 aliphatic rings. The number of rotatable bonds is 6. The van der Waals surface area contributed by atoms with Crippen LogP contribution in [0.4, 0.5) is 0 Å². The van der Waals surface area contributed by atoms with E-state index in [1.807, 2.05) is 0 Å². The maximum absolute atomic E-state index is 5.82. The quantitative estimate of drug-likeness (QED) is 0.767. The van der Waals surface area contributed by atoms with Gasteiger partial charge in [-0.15, -0.1) is 0 Å². The van der Waals surface area contributed by atoms with Gasteiger partial charge in [0.25, 0.3) is 0 Å². The Morgan fingerprint density at radius 1 is 1.18 bits per heavy atom. The molecular weight excluding hydrogens is 210 g/mol. The topological polar surface area (TPSA) is 21.3 Å². The fourth-order valence-corrected chi connectivity index (χ4v) is 3.45. The summed E-state index contributed by atoms with van der Waals surface area (Å²) >= 11 is 0. The Bertz CT molecular complexity index is 269. The molecule has 98 valence electrons. The fraction of sp³-hybridized carbons (Fsp3) is 1.00. The van der Waals surface area contributed by atoms with Crippen LogP contribution < -0.4 is 5.32 Å². The predicted octanol–water partition coefficient (Wildman–Crippen LogP) is 2.97. The molecule has 3 saturated carbocycles. The lowest BCUT2D eigenvalue weighted by Crippen LogP contribution is -2.63. The largest absolute Gasteiger partial charge is 0.378 e. The molecule has 0 aliphatic heterocycles. The molecule has 1 N–H and O–H groups in total. The number of hydrogen-bond donors (Lipinski definition) is 1. The smallest absolute Gasteiger partial charge is 0.0655 e. The second kappa shape index (κ2) is 4.24. The first-order valence-corrected chi connectivity index (χ1v) is 7.50. The lowest BCUT2D eigenvalue weighted by molar-refractivity contribution is -0.117. The summed E-state index contributed by atoms with van der Waals surface area (Å²) in [6, 6.07) is 1.52. The summed E-state index contributed by atoms with van der Waals surface area (Å²) in [4.78, 5) is 0. The first kappa shape index (κ1) is 12.0. The highest BCUT2D eigenvalue weighted by molar-refractivity contribution is 5.07. The molecule has 0 saturated heterocycles. The first-order chi connectivity index (χ1) is 8.13. The Morgan fingerprint density at radius 2 is 1.76 bits per heavy atom. The lowest BCUT2D eigenvalue weighted by atomic mass is 9.64. The highest BCUT2D eigenvalue weighted by atomic mass is 16.5. The second-order valence-electron chi connectivity index (χ2n) is 6.92. The summed E-state index contributed by atoms with van der Waals surface area (Å²) in [6.45, 7) is 7.69. The van der Waals surface area contributed by atoms with Crippen molar-refractivity contribution in [1.29, 1.82) is 0 Å². The minimum absolute atomic E-state index is 0.331. The van der Waals surface area contributed by atoms with Crippen LogP contribution in [0.3, 0.4) is 0 Å². The molecular formula is C15H27NO. The molecule has 0 heterocycles. The van der Waals surface area contributed by atoms with Crippen LogP contribution >= 0.6 is 0 Å². The van der Waals surface area contributed by atoms with E-state index in [0.29, 0.717) is 17.6 Å². The summed E-state index contributed by atoms with van der Waals surface area (Å²) in [5, 5.41) is 3.98. The van der Waals surface area contributed by atoms with Crippen molar-refractivity contribution in [2.24, 2.45) is 17.3 Å². The molecule has 0 amide bonds. The van der Waals surface area contributed by atoms with Gasteiger partial charge in [0.15, 0.2) is 0 Å². The highest BCUT2D eigenvalue weighted by Crippen LogP contribution is 2.48. The highest BCUT2D eigenvalue weighted by Gasteiger charge is 2.52. The van der Waals surface area contributed by atoms with Crippen LogP contribution in [-0.2, 0) is 4.74 Å².